The van der Waals surface area contributed by atoms with Gasteiger partial charge >= 0.3 is 50.0 Å². The molecule has 7 heavy (non-hydrogen) atoms. The van der Waals surface area contributed by atoms with Crippen LogP contribution in [-0.2, 0) is 16.0 Å². The number of rotatable bonds is 0. The van der Waals surface area contributed by atoms with Crippen molar-refractivity contribution in [1.29, 1.82) is 0 Å². The van der Waals surface area contributed by atoms with Crippen molar-refractivity contribution in [3.05, 3.63) is 24.4 Å². The van der Waals surface area contributed by atoms with Crippen LogP contribution in [0.15, 0.2) is 24.4 Å². The Balaban J connectivity index is 3.02. The Morgan fingerprint density at radius 2 is 2.29 bits per heavy atom. The summed E-state index contributed by atoms with van der Waals surface area (Å²) in [5.74, 6) is 0. The summed E-state index contributed by atoms with van der Waals surface area (Å²) < 4.78 is 0.822. The zero-order valence-electron chi connectivity index (χ0n) is 3.61. The monoisotopic (exact) mass is 134 g/mol. The van der Waals surface area contributed by atoms with Gasteiger partial charge in [-0.25, -0.2) is 0 Å². The molecule has 0 saturated carbocycles. The van der Waals surface area contributed by atoms with Crippen molar-refractivity contribution in [2.75, 3.05) is 0 Å². The van der Waals surface area contributed by atoms with E-state index in [1.54, 1.807) is 6.20 Å². The Labute approximate surface area is 50.6 Å². The second-order valence-electron chi connectivity index (χ2n) is 1.14. The molecule has 1 rings (SSSR count). The van der Waals surface area contributed by atoms with E-state index < -0.39 is 0 Å². The summed E-state index contributed by atoms with van der Waals surface area (Å²) in [5, 5.41) is 0. The molecule has 0 radical (unpaired) electrons. The molecule has 0 aliphatic rings. The van der Waals surface area contributed by atoms with E-state index in [9.17, 15) is 0 Å². The Morgan fingerprint density at radius 3 is 2.57 bits per heavy atom. The number of nitrogens with zero attached hydrogens (tertiary/aromatic N) is 1. The van der Waals surface area contributed by atoms with E-state index in [4.69, 9.17) is 0 Å². The van der Waals surface area contributed by atoms with Gasteiger partial charge < -0.3 is 0 Å². The molecule has 0 fully saturated rings. The average Bonchev–Trinajstić information content (AvgIpc) is 1.69. The van der Waals surface area contributed by atoms with Crippen LogP contribution in [-0.4, -0.2) is 4.98 Å². The van der Waals surface area contributed by atoms with Gasteiger partial charge in [-0.15, -0.1) is 0 Å². The van der Waals surface area contributed by atoms with Gasteiger partial charge in [-0.3, -0.25) is 0 Å². The van der Waals surface area contributed by atoms with Crippen LogP contribution in [0.25, 0.3) is 0 Å². The van der Waals surface area contributed by atoms with Crippen molar-refractivity contribution in [2.45, 2.75) is 0 Å². The molecule has 1 nitrogen and oxygen atoms in total. The molecule has 2 heteroatoms. The fourth-order valence-corrected chi connectivity index (χ4v) is 0.526. The van der Waals surface area contributed by atoms with Crippen molar-refractivity contribution in [1.82, 2.24) is 4.98 Å². The molecule has 0 aliphatic heterocycles. The molecule has 37 valence electrons. The molecule has 1 aromatic rings. The van der Waals surface area contributed by atoms with Crippen LogP contribution in [0.1, 0.15) is 0 Å². The average molecular weight is 134 g/mol. The van der Waals surface area contributed by atoms with E-state index in [0.29, 0.717) is 0 Å². The summed E-state index contributed by atoms with van der Waals surface area (Å²) in [7, 11) is 0. The van der Waals surface area contributed by atoms with E-state index in [0.717, 1.165) is 4.59 Å². The third-order valence-corrected chi connectivity index (χ3v) is 0.948. The maximum atomic E-state index is 3.87. The van der Waals surface area contributed by atoms with Gasteiger partial charge in [-0.2, -0.15) is 0 Å². The Bertz CT molecular complexity index is 138. The molecular weight excluding hydrogens is 130 g/mol. The van der Waals surface area contributed by atoms with Crippen LogP contribution in [0.4, 0.5) is 0 Å². The molecule has 0 aliphatic carbocycles. The van der Waals surface area contributed by atoms with E-state index in [1.165, 1.54) is 0 Å². The first-order chi connectivity index (χ1) is 3.39. The molecule has 0 aromatic carbocycles. The minimum atomic E-state index is 0.822. The third-order valence-electron chi connectivity index (χ3n) is 0.622. The predicted octanol–water partition coefficient (Wildman–Crippen LogP) is 0.254. The topological polar surface area (TPSA) is 12.9 Å². The van der Waals surface area contributed by atoms with E-state index in [1.807, 2.05) is 18.2 Å². The van der Waals surface area contributed by atoms with Crippen LogP contribution in [0.3, 0.4) is 0 Å². The van der Waals surface area contributed by atoms with E-state index in [2.05, 4.69) is 21.0 Å². The maximum absolute atomic E-state index is 3.87. The first-order valence-electron chi connectivity index (χ1n) is 1.95. The van der Waals surface area contributed by atoms with E-state index in [-0.39, 0.29) is 0 Å². The van der Waals surface area contributed by atoms with Crippen LogP contribution in [0, 0.1) is 0 Å². The fraction of sp³-hybridized carbons (Fsp3) is 0. The molecular formula is C5H4FeN. The van der Waals surface area contributed by atoms with Crippen molar-refractivity contribution < 1.29 is 16.0 Å². The van der Waals surface area contributed by atoms with Crippen molar-refractivity contribution in [3.8, 4) is 0 Å². The number of hydrogen-bond donors (Lipinski definition) is 0. The Hall–Kier alpha value is -0.331. The summed E-state index contributed by atoms with van der Waals surface area (Å²) in [6.45, 7) is 0. The zero-order valence-corrected chi connectivity index (χ0v) is 4.71. The molecule has 0 atom stereocenters. The predicted molar refractivity (Wildman–Crippen MR) is 23.9 cm³/mol. The molecule has 0 bridgehead atoms. The second-order valence-corrected chi connectivity index (χ2v) is 1.71. The van der Waals surface area contributed by atoms with Gasteiger partial charge in [-0.1, -0.05) is 0 Å². The van der Waals surface area contributed by atoms with Crippen molar-refractivity contribution >= 4 is 4.59 Å². The van der Waals surface area contributed by atoms with Gasteiger partial charge in [0.25, 0.3) is 0 Å². The summed E-state index contributed by atoms with van der Waals surface area (Å²) in [4.78, 5) is 3.87. The molecule has 0 spiro atoms. The zero-order chi connectivity index (χ0) is 5.11. The quantitative estimate of drug-likeness (QED) is 0.463. The molecule has 0 unspecified atom stereocenters. The molecule has 0 saturated heterocycles. The van der Waals surface area contributed by atoms with Crippen LogP contribution >= 0.6 is 0 Å². The van der Waals surface area contributed by atoms with Gasteiger partial charge in [0.05, 0.1) is 0 Å². The summed E-state index contributed by atoms with van der Waals surface area (Å²) in [6.07, 6.45) is 1.72. The normalized spacial score (nSPS) is 8.71. The van der Waals surface area contributed by atoms with Crippen LogP contribution in [0.2, 0.25) is 0 Å². The van der Waals surface area contributed by atoms with Gasteiger partial charge in [-0.05, 0) is 0 Å². The fourth-order valence-electron chi connectivity index (χ4n) is 0.338. The van der Waals surface area contributed by atoms with Gasteiger partial charge in [0.15, 0.2) is 0 Å². The summed E-state index contributed by atoms with van der Waals surface area (Å²) in [5.41, 5.74) is 0. The number of aromatic nitrogens is 1. The SMILES string of the molecule is [Fe][c]1ccccn1. The van der Waals surface area contributed by atoms with Crippen LogP contribution < -0.4 is 4.59 Å². The first kappa shape index (κ1) is 4.82. The minimum absolute atomic E-state index is 0.822. The molecule has 1 aromatic heterocycles. The third kappa shape index (κ3) is 1.30. The van der Waals surface area contributed by atoms with Gasteiger partial charge in [0.1, 0.15) is 0 Å². The van der Waals surface area contributed by atoms with E-state index >= 15 is 0 Å². The molecule has 0 N–H and O–H groups in total. The first-order valence-corrected chi connectivity index (χ1v) is 2.50. The Morgan fingerprint density at radius 1 is 1.43 bits per heavy atom. The van der Waals surface area contributed by atoms with Gasteiger partial charge in [0.2, 0.25) is 0 Å². The van der Waals surface area contributed by atoms with Gasteiger partial charge in [0, 0.05) is 0 Å². The van der Waals surface area contributed by atoms with Crippen LogP contribution in [0.5, 0.6) is 0 Å². The summed E-state index contributed by atoms with van der Waals surface area (Å²) in [6, 6.07) is 5.64. The standard InChI is InChI=1S/C5H4N.Fe/c1-2-4-6-5-3-1;/h1-4H;. The molecule has 1 heterocycles. The number of hydrogen-bond acceptors (Lipinski definition) is 1. The van der Waals surface area contributed by atoms with Crippen molar-refractivity contribution in [3.63, 3.8) is 0 Å². The summed E-state index contributed by atoms with van der Waals surface area (Å²) >= 11 is 3.61. The van der Waals surface area contributed by atoms with Crippen molar-refractivity contribution in [2.24, 2.45) is 0 Å². The number of pyridine rings is 1. The second kappa shape index (κ2) is 2.10. The molecule has 0 amide bonds. The Kier molecular flexibility index (Phi) is 1.45.